The van der Waals surface area contributed by atoms with E-state index in [9.17, 15) is 4.39 Å². The fourth-order valence-electron chi connectivity index (χ4n) is 2.38. The third-order valence-corrected chi connectivity index (χ3v) is 4.48. The molecule has 0 amide bonds. The van der Waals surface area contributed by atoms with Gasteiger partial charge in [-0.25, -0.2) is 4.39 Å². The molecule has 0 aromatic carbocycles. The standard InChI is InChI=1S/C17H33F/c1-8-13(4)9-10-14(5)15(6)16(7)17(18)11-12(2)3/h8,12,14-17H,9-11H2,1-7H3/b13-8+. The third kappa shape index (κ3) is 6.56. The minimum atomic E-state index is -0.648. The number of rotatable bonds is 8. The van der Waals surface area contributed by atoms with Crippen LogP contribution in [0.2, 0.25) is 0 Å². The average Bonchev–Trinajstić information content (AvgIpc) is 2.32. The van der Waals surface area contributed by atoms with Crippen molar-refractivity contribution in [1.29, 1.82) is 0 Å². The Labute approximate surface area is 114 Å². The molecular formula is C17H33F. The van der Waals surface area contributed by atoms with Crippen LogP contribution in [0.4, 0.5) is 4.39 Å². The maximum absolute atomic E-state index is 14.1. The molecule has 0 aromatic rings. The number of allylic oxidation sites excluding steroid dienone is 2. The predicted octanol–water partition coefficient (Wildman–Crippen LogP) is 6.03. The summed E-state index contributed by atoms with van der Waals surface area (Å²) < 4.78 is 14.1. The lowest BCUT2D eigenvalue weighted by atomic mass is 9.78. The van der Waals surface area contributed by atoms with E-state index in [1.54, 1.807) is 0 Å². The first-order chi connectivity index (χ1) is 8.29. The van der Waals surface area contributed by atoms with Crippen LogP contribution in [0.5, 0.6) is 0 Å². The zero-order valence-corrected chi connectivity index (χ0v) is 13.5. The summed E-state index contributed by atoms with van der Waals surface area (Å²) in [7, 11) is 0. The Bertz CT molecular complexity index is 242. The van der Waals surface area contributed by atoms with Crippen LogP contribution in [-0.4, -0.2) is 6.17 Å². The minimum Gasteiger partial charge on any atom is -0.247 e. The molecule has 4 atom stereocenters. The maximum Gasteiger partial charge on any atom is 0.103 e. The SMILES string of the molecule is C/C=C(\C)CCC(C)C(C)C(C)C(F)CC(C)C. The van der Waals surface area contributed by atoms with Gasteiger partial charge in [0.2, 0.25) is 0 Å². The van der Waals surface area contributed by atoms with Crippen LogP contribution < -0.4 is 0 Å². The summed E-state index contributed by atoms with van der Waals surface area (Å²) in [5.41, 5.74) is 1.45. The van der Waals surface area contributed by atoms with Crippen molar-refractivity contribution in [2.75, 3.05) is 0 Å². The largest absolute Gasteiger partial charge is 0.247 e. The summed E-state index contributed by atoms with van der Waals surface area (Å²) in [6.07, 6.45) is 4.56. The Morgan fingerprint density at radius 1 is 1.06 bits per heavy atom. The first-order valence-corrected chi connectivity index (χ1v) is 7.55. The number of hydrogen-bond donors (Lipinski definition) is 0. The molecule has 0 fully saturated rings. The van der Waals surface area contributed by atoms with E-state index in [4.69, 9.17) is 0 Å². The van der Waals surface area contributed by atoms with Crippen molar-refractivity contribution in [3.05, 3.63) is 11.6 Å². The molecular weight excluding hydrogens is 223 g/mol. The number of alkyl halides is 1. The zero-order valence-electron chi connectivity index (χ0n) is 13.5. The molecule has 0 spiro atoms. The van der Waals surface area contributed by atoms with Gasteiger partial charge in [-0.2, -0.15) is 0 Å². The Kier molecular flexibility index (Phi) is 8.56. The number of hydrogen-bond acceptors (Lipinski definition) is 0. The predicted molar refractivity (Wildman–Crippen MR) is 80.5 cm³/mol. The van der Waals surface area contributed by atoms with Crippen LogP contribution in [0.25, 0.3) is 0 Å². The molecule has 18 heavy (non-hydrogen) atoms. The first-order valence-electron chi connectivity index (χ1n) is 7.55. The summed E-state index contributed by atoms with van der Waals surface area (Å²) in [6.45, 7) is 15.0. The van der Waals surface area contributed by atoms with Gasteiger partial charge in [0.05, 0.1) is 0 Å². The van der Waals surface area contributed by atoms with Crippen molar-refractivity contribution in [1.82, 2.24) is 0 Å². The van der Waals surface area contributed by atoms with Crippen LogP contribution in [-0.2, 0) is 0 Å². The van der Waals surface area contributed by atoms with Gasteiger partial charge in [0.1, 0.15) is 6.17 Å². The van der Waals surface area contributed by atoms with Crippen LogP contribution >= 0.6 is 0 Å². The van der Waals surface area contributed by atoms with E-state index < -0.39 is 6.17 Å². The normalized spacial score (nSPS) is 19.7. The van der Waals surface area contributed by atoms with Gasteiger partial charge in [-0.1, -0.05) is 46.3 Å². The van der Waals surface area contributed by atoms with Crippen molar-refractivity contribution in [2.24, 2.45) is 23.7 Å². The zero-order chi connectivity index (χ0) is 14.3. The maximum atomic E-state index is 14.1. The van der Waals surface area contributed by atoms with E-state index in [1.807, 2.05) is 0 Å². The topological polar surface area (TPSA) is 0 Å². The van der Waals surface area contributed by atoms with Gasteiger partial charge in [-0.15, -0.1) is 0 Å². The van der Waals surface area contributed by atoms with Crippen molar-refractivity contribution in [2.45, 2.75) is 73.9 Å². The first kappa shape index (κ1) is 17.7. The highest BCUT2D eigenvalue weighted by atomic mass is 19.1. The van der Waals surface area contributed by atoms with Crippen LogP contribution in [0.3, 0.4) is 0 Å². The Hall–Kier alpha value is -0.330. The Balaban J connectivity index is 4.22. The van der Waals surface area contributed by atoms with Crippen molar-refractivity contribution in [3.63, 3.8) is 0 Å². The lowest BCUT2D eigenvalue weighted by molar-refractivity contribution is 0.129. The molecule has 0 bridgehead atoms. The lowest BCUT2D eigenvalue weighted by Gasteiger charge is -2.29. The van der Waals surface area contributed by atoms with Gasteiger partial charge in [-0.05, 0) is 56.8 Å². The van der Waals surface area contributed by atoms with E-state index >= 15 is 0 Å². The average molecular weight is 256 g/mol. The minimum absolute atomic E-state index is 0.174. The second-order valence-corrected chi connectivity index (χ2v) is 6.51. The molecule has 0 aliphatic rings. The van der Waals surface area contributed by atoms with Gasteiger partial charge in [0, 0.05) is 0 Å². The lowest BCUT2D eigenvalue weighted by Crippen LogP contribution is -2.26. The molecule has 0 aliphatic heterocycles. The van der Waals surface area contributed by atoms with Gasteiger partial charge < -0.3 is 0 Å². The van der Waals surface area contributed by atoms with Crippen LogP contribution in [0, 0.1) is 23.7 Å². The van der Waals surface area contributed by atoms with Gasteiger partial charge in [0.25, 0.3) is 0 Å². The third-order valence-electron chi connectivity index (χ3n) is 4.48. The van der Waals surface area contributed by atoms with Crippen molar-refractivity contribution >= 4 is 0 Å². The molecule has 0 aromatic heterocycles. The van der Waals surface area contributed by atoms with Crippen molar-refractivity contribution in [3.8, 4) is 0 Å². The highest BCUT2D eigenvalue weighted by Gasteiger charge is 2.26. The summed E-state index contributed by atoms with van der Waals surface area (Å²) in [5.74, 6) is 1.69. The van der Waals surface area contributed by atoms with E-state index in [0.29, 0.717) is 24.2 Å². The summed E-state index contributed by atoms with van der Waals surface area (Å²) in [4.78, 5) is 0. The van der Waals surface area contributed by atoms with Crippen molar-refractivity contribution < 1.29 is 4.39 Å². The molecule has 108 valence electrons. The fraction of sp³-hybridized carbons (Fsp3) is 0.882. The number of halogens is 1. The molecule has 4 unspecified atom stereocenters. The van der Waals surface area contributed by atoms with Gasteiger partial charge >= 0.3 is 0 Å². The quantitative estimate of drug-likeness (QED) is 0.465. The molecule has 0 heterocycles. The second-order valence-electron chi connectivity index (χ2n) is 6.51. The van der Waals surface area contributed by atoms with Gasteiger partial charge in [-0.3, -0.25) is 0 Å². The second kappa shape index (κ2) is 8.72. The highest BCUT2D eigenvalue weighted by Crippen LogP contribution is 2.31. The smallest absolute Gasteiger partial charge is 0.103 e. The highest BCUT2D eigenvalue weighted by molar-refractivity contribution is 4.95. The molecule has 0 saturated carbocycles. The molecule has 0 radical (unpaired) electrons. The fourth-order valence-corrected chi connectivity index (χ4v) is 2.38. The van der Waals surface area contributed by atoms with E-state index in [-0.39, 0.29) is 5.92 Å². The summed E-state index contributed by atoms with van der Waals surface area (Å²) in [6, 6.07) is 0. The molecule has 0 rings (SSSR count). The molecule has 0 aliphatic carbocycles. The Morgan fingerprint density at radius 2 is 1.61 bits per heavy atom. The molecule has 0 N–H and O–H groups in total. The van der Waals surface area contributed by atoms with Crippen LogP contribution in [0.1, 0.15) is 67.7 Å². The monoisotopic (exact) mass is 256 g/mol. The Morgan fingerprint density at radius 3 is 2.06 bits per heavy atom. The molecule has 0 saturated heterocycles. The van der Waals surface area contributed by atoms with Gasteiger partial charge in [0.15, 0.2) is 0 Å². The molecule has 1 heteroatoms. The van der Waals surface area contributed by atoms with E-state index in [2.05, 4.69) is 54.5 Å². The van der Waals surface area contributed by atoms with Crippen LogP contribution in [0.15, 0.2) is 11.6 Å². The summed E-state index contributed by atoms with van der Waals surface area (Å²) >= 11 is 0. The molecule has 0 nitrogen and oxygen atoms in total. The van der Waals surface area contributed by atoms with E-state index in [0.717, 1.165) is 6.42 Å². The summed E-state index contributed by atoms with van der Waals surface area (Å²) in [5, 5.41) is 0. The van der Waals surface area contributed by atoms with E-state index in [1.165, 1.54) is 12.0 Å².